The lowest BCUT2D eigenvalue weighted by atomic mass is 9.96. The van der Waals surface area contributed by atoms with E-state index in [4.69, 9.17) is 0 Å². The fourth-order valence-electron chi connectivity index (χ4n) is 3.97. The van der Waals surface area contributed by atoms with Gasteiger partial charge in [0.2, 0.25) is 0 Å². The van der Waals surface area contributed by atoms with E-state index in [1.807, 2.05) is 12.1 Å². The van der Waals surface area contributed by atoms with E-state index in [9.17, 15) is 5.11 Å². The van der Waals surface area contributed by atoms with Gasteiger partial charge in [0.05, 0.1) is 0 Å². The van der Waals surface area contributed by atoms with Crippen molar-refractivity contribution in [1.29, 1.82) is 0 Å². The Labute approximate surface area is 173 Å². The quantitative estimate of drug-likeness (QED) is 0.405. The Kier molecular flexibility index (Phi) is 5.81. The first-order valence-electron chi connectivity index (χ1n) is 10.3. The minimum atomic E-state index is 0.323. The van der Waals surface area contributed by atoms with Crippen LogP contribution in [0.2, 0.25) is 0 Å². The van der Waals surface area contributed by atoms with E-state index in [0.29, 0.717) is 5.75 Å². The van der Waals surface area contributed by atoms with E-state index >= 15 is 0 Å². The summed E-state index contributed by atoms with van der Waals surface area (Å²) in [6, 6.07) is 31.4. The Morgan fingerprint density at radius 2 is 1.41 bits per heavy atom. The van der Waals surface area contributed by atoms with Gasteiger partial charge in [0.15, 0.2) is 0 Å². The number of aryl methyl sites for hydroxylation is 4. The van der Waals surface area contributed by atoms with Crippen molar-refractivity contribution in [3.05, 3.63) is 114 Å². The maximum atomic E-state index is 9.47. The standard InChI is InChI=1S/C27H27NO/c1-21-11-15-25(28(21)20-19-22-12-17-26(29)18-13-22)16-14-24-9-5-6-10-27(24)23-7-3-2-4-8-23/h2-13,15,17-18,29H,14,16,19-20H2,1H3. The minimum absolute atomic E-state index is 0.323. The molecule has 4 aromatic rings. The monoisotopic (exact) mass is 381 g/mol. The van der Waals surface area contributed by atoms with Crippen LogP contribution >= 0.6 is 0 Å². The molecule has 29 heavy (non-hydrogen) atoms. The number of aromatic hydroxyl groups is 1. The van der Waals surface area contributed by atoms with Gasteiger partial charge in [-0.3, -0.25) is 0 Å². The summed E-state index contributed by atoms with van der Waals surface area (Å²) in [6.07, 6.45) is 3.00. The lowest BCUT2D eigenvalue weighted by Crippen LogP contribution is -2.08. The number of benzene rings is 3. The van der Waals surface area contributed by atoms with E-state index in [1.54, 1.807) is 12.1 Å². The first kappa shape index (κ1) is 19.1. The maximum Gasteiger partial charge on any atom is 0.115 e. The van der Waals surface area contributed by atoms with E-state index in [2.05, 4.69) is 78.2 Å². The molecule has 0 unspecified atom stereocenters. The highest BCUT2D eigenvalue weighted by atomic mass is 16.3. The van der Waals surface area contributed by atoms with Gasteiger partial charge in [-0.2, -0.15) is 0 Å². The molecule has 0 saturated carbocycles. The fraction of sp³-hybridized carbons (Fsp3) is 0.185. The van der Waals surface area contributed by atoms with Crippen LogP contribution in [-0.4, -0.2) is 9.67 Å². The molecule has 1 heterocycles. The molecule has 0 atom stereocenters. The summed E-state index contributed by atoms with van der Waals surface area (Å²) in [4.78, 5) is 0. The molecule has 2 nitrogen and oxygen atoms in total. The molecule has 146 valence electrons. The van der Waals surface area contributed by atoms with E-state index < -0.39 is 0 Å². The van der Waals surface area contributed by atoms with Crippen LogP contribution in [-0.2, 0) is 25.8 Å². The normalized spacial score (nSPS) is 10.9. The first-order valence-corrected chi connectivity index (χ1v) is 10.3. The molecule has 1 N–H and O–H groups in total. The Morgan fingerprint density at radius 1 is 0.690 bits per heavy atom. The largest absolute Gasteiger partial charge is 0.508 e. The van der Waals surface area contributed by atoms with Crippen molar-refractivity contribution in [2.45, 2.75) is 32.7 Å². The summed E-state index contributed by atoms with van der Waals surface area (Å²) >= 11 is 0. The van der Waals surface area contributed by atoms with Crippen molar-refractivity contribution in [1.82, 2.24) is 4.57 Å². The number of aromatic nitrogens is 1. The number of phenolic OH excluding ortho intramolecular Hbond substituents is 1. The summed E-state index contributed by atoms with van der Waals surface area (Å²) in [5.74, 6) is 0.323. The molecule has 1 aromatic heterocycles. The molecule has 3 aromatic carbocycles. The number of nitrogens with zero attached hydrogens (tertiary/aromatic N) is 1. The van der Waals surface area contributed by atoms with Crippen molar-refractivity contribution in [2.75, 3.05) is 0 Å². The third kappa shape index (κ3) is 4.60. The maximum absolute atomic E-state index is 9.47. The Bertz CT molecular complexity index is 1060. The van der Waals surface area contributed by atoms with Gasteiger partial charge in [0.25, 0.3) is 0 Å². The topological polar surface area (TPSA) is 25.2 Å². The van der Waals surface area contributed by atoms with Gasteiger partial charge in [-0.05, 0) is 72.7 Å². The predicted octanol–water partition coefficient (Wildman–Crippen LogP) is 6.20. The number of hydrogen-bond acceptors (Lipinski definition) is 1. The molecule has 0 aliphatic carbocycles. The van der Waals surface area contributed by atoms with E-state index in [-0.39, 0.29) is 0 Å². The number of hydrogen-bond donors (Lipinski definition) is 1. The lowest BCUT2D eigenvalue weighted by Gasteiger charge is -2.14. The van der Waals surface area contributed by atoms with Crippen LogP contribution < -0.4 is 0 Å². The molecule has 0 aliphatic heterocycles. The summed E-state index contributed by atoms with van der Waals surface area (Å²) in [5, 5.41) is 9.47. The number of rotatable bonds is 7. The molecule has 0 fully saturated rings. The smallest absolute Gasteiger partial charge is 0.115 e. The summed E-state index contributed by atoms with van der Waals surface area (Å²) in [6.45, 7) is 3.14. The van der Waals surface area contributed by atoms with Crippen molar-refractivity contribution in [2.24, 2.45) is 0 Å². The van der Waals surface area contributed by atoms with E-state index in [0.717, 1.165) is 25.8 Å². The van der Waals surface area contributed by atoms with Crippen LogP contribution in [0.25, 0.3) is 11.1 Å². The summed E-state index contributed by atoms with van der Waals surface area (Å²) in [7, 11) is 0. The summed E-state index contributed by atoms with van der Waals surface area (Å²) < 4.78 is 2.43. The lowest BCUT2D eigenvalue weighted by molar-refractivity contribution is 0.475. The van der Waals surface area contributed by atoms with Gasteiger partial charge < -0.3 is 9.67 Å². The van der Waals surface area contributed by atoms with Crippen LogP contribution in [0.4, 0.5) is 0 Å². The van der Waals surface area contributed by atoms with Crippen molar-refractivity contribution in [3.8, 4) is 16.9 Å². The molecule has 0 spiro atoms. The van der Waals surface area contributed by atoms with Gasteiger partial charge in [-0.1, -0.05) is 66.7 Å². The average Bonchev–Trinajstić information content (AvgIpc) is 3.12. The molecule has 2 heteroatoms. The van der Waals surface area contributed by atoms with Crippen molar-refractivity contribution < 1.29 is 5.11 Å². The zero-order chi connectivity index (χ0) is 20.1. The second-order valence-electron chi connectivity index (χ2n) is 7.56. The second kappa shape index (κ2) is 8.83. The molecule has 0 amide bonds. The Morgan fingerprint density at radius 3 is 2.21 bits per heavy atom. The predicted molar refractivity (Wildman–Crippen MR) is 120 cm³/mol. The Hall–Kier alpha value is -3.26. The first-order chi connectivity index (χ1) is 14.2. The van der Waals surface area contributed by atoms with Gasteiger partial charge in [0, 0.05) is 17.9 Å². The SMILES string of the molecule is Cc1ccc(CCc2ccccc2-c2ccccc2)n1CCc1ccc(O)cc1. The van der Waals surface area contributed by atoms with Gasteiger partial charge >= 0.3 is 0 Å². The van der Waals surface area contributed by atoms with Crippen LogP contribution in [0.5, 0.6) is 5.75 Å². The Balaban J connectivity index is 1.48. The van der Waals surface area contributed by atoms with E-state index in [1.165, 1.54) is 33.6 Å². The zero-order valence-corrected chi connectivity index (χ0v) is 16.9. The third-order valence-corrected chi connectivity index (χ3v) is 5.60. The molecule has 0 aliphatic rings. The fourth-order valence-corrected chi connectivity index (χ4v) is 3.97. The van der Waals surface area contributed by atoms with Gasteiger partial charge in [-0.15, -0.1) is 0 Å². The van der Waals surface area contributed by atoms with Crippen molar-refractivity contribution in [3.63, 3.8) is 0 Å². The van der Waals surface area contributed by atoms with Crippen LogP contribution in [0.15, 0.2) is 91.0 Å². The molecular weight excluding hydrogens is 354 g/mol. The highest BCUT2D eigenvalue weighted by Crippen LogP contribution is 2.25. The average molecular weight is 382 g/mol. The van der Waals surface area contributed by atoms with Gasteiger partial charge in [-0.25, -0.2) is 0 Å². The molecule has 0 radical (unpaired) electrons. The molecule has 0 saturated heterocycles. The van der Waals surface area contributed by atoms with Crippen LogP contribution in [0.3, 0.4) is 0 Å². The highest BCUT2D eigenvalue weighted by molar-refractivity contribution is 5.67. The van der Waals surface area contributed by atoms with Gasteiger partial charge in [0.1, 0.15) is 5.75 Å². The minimum Gasteiger partial charge on any atom is -0.508 e. The van der Waals surface area contributed by atoms with Crippen LogP contribution in [0.1, 0.15) is 22.5 Å². The summed E-state index contributed by atoms with van der Waals surface area (Å²) in [5.41, 5.74) is 7.92. The second-order valence-corrected chi connectivity index (χ2v) is 7.56. The molecular formula is C27H27NO. The van der Waals surface area contributed by atoms with Crippen LogP contribution in [0, 0.1) is 6.92 Å². The highest BCUT2D eigenvalue weighted by Gasteiger charge is 2.09. The molecule has 0 bridgehead atoms. The molecule has 4 rings (SSSR count). The number of phenols is 1. The van der Waals surface area contributed by atoms with Crippen molar-refractivity contribution >= 4 is 0 Å². The zero-order valence-electron chi connectivity index (χ0n) is 16.9. The third-order valence-electron chi connectivity index (χ3n) is 5.60.